The fourth-order valence-corrected chi connectivity index (χ4v) is 12.3. The van der Waals surface area contributed by atoms with Crippen LogP contribution in [0.4, 0.5) is 0 Å². The van der Waals surface area contributed by atoms with Gasteiger partial charge in [-0.15, -0.1) is 0 Å². The van der Waals surface area contributed by atoms with E-state index in [1.165, 1.54) is 295 Å². The van der Waals surface area contributed by atoms with Crippen LogP contribution in [0.1, 0.15) is 386 Å². The summed E-state index contributed by atoms with van der Waals surface area (Å²) in [7, 11) is 1.18. The fraction of sp³-hybridized carbons (Fsp3) is 0.850. The Balaban J connectivity index is 3.93. The van der Waals surface area contributed by atoms with Crippen LogP contribution in [0.25, 0.3) is 0 Å². The molecule has 0 spiro atoms. The van der Waals surface area contributed by atoms with Crippen LogP contribution in [-0.2, 0) is 32.7 Å². The number of esters is 2. The molecule has 0 aromatic rings. The molecule has 0 rings (SSSR count). The van der Waals surface area contributed by atoms with Crippen molar-refractivity contribution >= 4 is 19.8 Å². The number of phosphoric ester groups is 1. The van der Waals surface area contributed by atoms with Gasteiger partial charge in [-0.3, -0.25) is 14.2 Å². The van der Waals surface area contributed by atoms with Gasteiger partial charge in [-0.05, 0) is 83.5 Å². The minimum absolute atomic E-state index is 0.0297. The van der Waals surface area contributed by atoms with E-state index in [9.17, 15) is 19.0 Å². The summed E-state index contributed by atoms with van der Waals surface area (Å²) in [4.78, 5) is 38.1. The number of quaternary nitrogens is 1. The van der Waals surface area contributed by atoms with Crippen molar-refractivity contribution in [2.24, 2.45) is 0 Å². The van der Waals surface area contributed by atoms with E-state index in [2.05, 4.69) is 74.6 Å². The molecule has 0 saturated heterocycles. The van der Waals surface area contributed by atoms with Gasteiger partial charge in [0.05, 0.1) is 27.7 Å². The quantitative estimate of drug-likeness (QED) is 0.0195. The Labute approximate surface area is 559 Å². The van der Waals surface area contributed by atoms with Gasteiger partial charge in [-0.2, -0.15) is 0 Å². The Hall–Kier alpha value is -2.29. The van der Waals surface area contributed by atoms with Gasteiger partial charge in [0.25, 0.3) is 7.82 Å². The maximum absolute atomic E-state index is 12.9. The van der Waals surface area contributed by atoms with Gasteiger partial charge in [0.1, 0.15) is 19.8 Å². The van der Waals surface area contributed by atoms with Gasteiger partial charge in [0.2, 0.25) is 0 Å². The Morgan fingerprint density at radius 3 is 0.889 bits per heavy atom. The topological polar surface area (TPSA) is 111 Å². The SMILES string of the molecule is CCCCCCC/C=C\C/C=C\C/C=C\CCCCCCCCCCCCCCCCC(=O)OC(COC(=O)CCCCCCCCCCCCCCCCCCCCCCCCCCC/C=C\C/C=C\CCCCCCC)COP(=O)([O-])OCC[N+](C)(C)C. The largest absolute Gasteiger partial charge is 0.756 e. The molecular weight excluding hydrogens is 1130 g/mol. The van der Waals surface area contributed by atoms with Crippen molar-refractivity contribution in [3.05, 3.63) is 60.8 Å². The van der Waals surface area contributed by atoms with Crippen LogP contribution in [0.15, 0.2) is 60.8 Å². The second-order valence-corrected chi connectivity index (χ2v) is 29.1. The highest BCUT2D eigenvalue weighted by molar-refractivity contribution is 7.45. The predicted molar refractivity (Wildman–Crippen MR) is 388 cm³/mol. The van der Waals surface area contributed by atoms with Crippen molar-refractivity contribution in [2.75, 3.05) is 47.5 Å². The van der Waals surface area contributed by atoms with Crippen LogP contribution in [0.2, 0.25) is 0 Å². The first-order chi connectivity index (χ1) is 44.0. The highest BCUT2D eigenvalue weighted by atomic mass is 31.2. The smallest absolute Gasteiger partial charge is 0.306 e. The number of phosphoric acid groups is 1. The highest BCUT2D eigenvalue weighted by Crippen LogP contribution is 2.38. The lowest BCUT2D eigenvalue weighted by Crippen LogP contribution is -2.37. The zero-order valence-corrected chi connectivity index (χ0v) is 61.2. The Morgan fingerprint density at radius 2 is 0.600 bits per heavy atom. The zero-order chi connectivity index (χ0) is 65.5. The number of carbonyl (C=O) groups is 2. The van der Waals surface area contributed by atoms with Crippen molar-refractivity contribution in [3.8, 4) is 0 Å². The molecule has 10 heteroatoms. The minimum atomic E-state index is -4.64. The zero-order valence-electron chi connectivity index (χ0n) is 60.4. The molecule has 2 atom stereocenters. The van der Waals surface area contributed by atoms with Gasteiger partial charge in [0, 0.05) is 12.8 Å². The van der Waals surface area contributed by atoms with E-state index < -0.39 is 26.5 Å². The van der Waals surface area contributed by atoms with Crippen molar-refractivity contribution in [2.45, 2.75) is 392 Å². The van der Waals surface area contributed by atoms with E-state index in [0.29, 0.717) is 17.4 Å². The molecule has 0 aromatic heterocycles. The van der Waals surface area contributed by atoms with Crippen LogP contribution >= 0.6 is 7.82 Å². The number of allylic oxidation sites excluding steroid dienone is 10. The molecule has 0 saturated carbocycles. The molecule has 9 nitrogen and oxygen atoms in total. The Morgan fingerprint density at radius 1 is 0.344 bits per heavy atom. The summed E-state index contributed by atoms with van der Waals surface area (Å²) in [5.74, 6) is -0.815. The number of unbranched alkanes of at least 4 members (excludes halogenated alkanes) is 49. The summed E-state index contributed by atoms with van der Waals surface area (Å²) >= 11 is 0. The number of nitrogens with zero attached hydrogens (tertiary/aromatic N) is 1. The molecule has 0 heterocycles. The maximum Gasteiger partial charge on any atom is 0.306 e. The third-order valence-corrected chi connectivity index (χ3v) is 18.5. The molecule has 0 bridgehead atoms. The van der Waals surface area contributed by atoms with E-state index in [0.717, 1.165) is 57.8 Å². The average Bonchev–Trinajstić information content (AvgIpc) is 3.58. The Kier molecular flexibility index (Phi) is 69.2. The van der Waals surface area contributed by atoms with E-state index in [1.807, 2.05) is 21.1 Å². The monoisotopic (exact) mass is 1280 g/mol. The molecule has 0 aliphatic heterocycles. The first kappa shape index (κ1) is 87.7. The standard InChI is InChI=1S/C80H150NO8P/c1-6-8-10-12-14-16-18-20-22-24-26-28-30-32-34-36-37-38-39-40-41-42-43-45-46-48-50-52-54-56-58-60-62-64-66-68-70-72-79(82)86-76-78(77-88-90(84,85)87-75-74-81(3,4)5)89-80(83)73-71-69-67-65-63-61-59-57-55-53-51-49-47-44-35-33-31-29-27-25-23-21-19-17-15-13-11-9-7-2/h18-21,24-27,31,33,78H,6-17,22-23,28-30,32,34-77H2,1-5H3/b20-18-,21-19-,26-24-,27-25-,33-31-. The second kappa shape index (κ2) is 71.0. The van der Waals surface area contributed by atoms with E-state index in [1.54, 1.807) is 0 Å². The summed E-state index contributed by atoms with van der Waals surface area (Å²) in [6.07, 6.45) is 94.8. The fourth-order valence-electron chi connectivity index (χ4n) is 11.5. The summed E-state index contributed by atoms with van der Waals surface area (Å²) < 4.78 is 34.4. The summed E-state index contributed by atoms with van der Waals surface area (Å²) in [6.45, 7) is 4.28. The van der Waals surface area contributed by atoms with Crippen molar-refractivity contribution in [1.82, 2.24) is 0 Å². The van der Waals surface area contributed by atoms with E-state index in [-0.39, 0.29) is 32.0 Å². The molecule has 0 aromatic carbocycles. The molecule has 90 heavy (non-hydrogen) atoms. The highest BCUT2D eigenvalue weighted by Gasteiger charge is 2.22. The first-order valence-electron chi connectivity index (χ1n) is 39.0. The maximum atomic E-state index is 12.9. The molecule has 0 fully saturated rings. The molecule has 0 amide bonds. The average molecular weight is 1290 g/mol. The third-order valence-electron chi connectivity index (χ3n) is 17.5. The van der Waals surface area contributed by atoms with Gasteiger partial charge in [-0.25, -0.2) is 0 Å². The van der Waals surface area contributed by atoms with Gasteiger partial charge >= 0.3 is 11.9 Å². The van der Waals surface area contributed by atoms with Crippen molar-refractivity contribution in [3.63, 3.8) is 0 Å². The van der Waals surface area contributed by atoms with Crippen LogP contribution < -0.4 is 4.89 Å². The molecule has 528 valence electrons. The number of rotatable bonds is 73. The summed E-state index contributed by atoms with van der Waals surface area (Å²) in [6, 6.07) is 0. The summed E-state index contributed by atoms with van der Waals surface area (Å²) in [5, 5.41) is 0. The van der Waals surface area contributed by atoms with Crippen molar-refractivity contribution in [1.29, 1.82) is 0 Å². The Bertz CT molecular complexity index is 1700. The lowest BCUT2D eigenvalue weighted by atomic mass is 10.0. The van der Waals surface area contributed by atoms with Gasteiger partial charge < -0.3 is 27.9 Å². The molecule has 0 aliphatic carbocycles. The number of hydrogen-bond acceptors (Lipinski definition) is 8. The van der Waals surface area contributed by atoms with E-state index in [4.69, 9.17) is 18.5 Å². The number of likely N-dealkylation sites (N-methyl/N-ethyl adjacent to an activating group) is 1. The normalized spacial score (nSPS) is 13.4. The number of carbonyl (C=O) groups excluding carboxylic acids is 2. The van der Waals surface area contributed by atoms with Crippen molar-refractivity contribution < 1.29 is 42.1 Å². The molecule has 2 unspecified atom stereocenters. The lowest BCUT2D eigenvalue weighted by Gasteiger charge is -2.28. The van der Waals surface area contributed by atoms with Gasteiger partial charge in [0.15, 0.2) is 6.10 Å². The van der Waals surface area contributed by atoms with Crippen LogP contribution in [-0.4, -0.2) is 70.0 Å². The lowest BCUT2D eigenvalue weighted by molar-refractivity contribution is -0.870. The first-order valence-corrected chi connectivity index (χ1v) is 40.5. The molecule has 0 aliphatic rings. The number of ether oxygens (including phenoxy) is 2. The minimum Gasteiger partial charge on any atom is -0.756 e. The predicted octanol–water partition coefficient (Wildman–Crippen LogP) is 25.1. The van der Waals surface area contributed by atoms with Gasteiger partial charge in [-0.1, -0.05) is 351 Å². The van der Waals surface area contributed by atoms with Crippen LogP contribution in [0.5, 0.6) is 0 Å². The van der Waals surface area contributed by atoms with Crippen LogP contribution in [0, 0.1) is 0 Å². The molecular formula is C80H150NO8P. The molecule has 0 N–H and O–H groups in total. The van der Waals surface area contributed by atoms with Crippen LogP contribution in [0.3, 0.4) is 0 Å². The third kappa shape index (κ3) is 74.7. The number of hydrogen-bond donors (Lipinski definition) is 0. The second-order valence-electron chi connectivity index (χ2n) is 27.7. The summed E-state index contributed by atoms with van der Waals surface area (Å²) in [5.41, 5.74) is 0. The molecule has 0 radical (unpaired) electrons. The van der Waals surface area contributed by atoms with E-state index >= 15 is 0 Å².